The van der Waals surface area contributed by atoms with Crippen molar-refractivity contribution in [2.24, 2.45) is 0 Å². The summed E-state index contributed by atoms with van der Waals surface area (Å²) in [7, 11) is 0. The van der Waals surface area contributed by atoms with E-state index in [9.17, 15) is 15.0 Å². The smallest absolute Gasteiger partial charge is 0.182 e. The summed E-state index contributed by atoms with van der Waals surface area (Å²) in [4.78, 5) is 11.9. The largest absolute Gasteiger partial charge is 0.504 e. The molecule has 0 bridgehead atoms. The normalized spacial score (nSPS) is 15.4. The minimum Gasteiger partial charge on any atom is -0.504 e. The fourth-order valence-electron chi connectivity index (χ4n) is 2.61. The summed E-state index contributed by atoms with van der Waals surface area (Å²) in [5, 5.41) is 21.4. The van der Waals surface area contributed by atoms with E-state index in [-0.39, 0.29) is 16.9 Å². The molecular weight excluding hydrogens is 336 g/mol. The summed E-state index contributed by atoms with van der Waals surface area (Å²) in [6.45, 7) is 0.329. The van der Waals surface area contributed by atoms with Gasteiger partial charge >= 0.3 is 0 Å². The summed E-state index contributed by atoms with van der Waals surface area (Å²) in [5.41, 5.74) is 1.96. The summed E-state index contributed by atoms with van der Waals surface area (Å²) in [6.07, 6.45) is -0.911. The van der Waals surface area contributed by atoms with Crippen molar-refractivity contribution < 1.29 is 14.9 Å². The summed E-state index contributed by atoms with van der Waals surface area (Å²) < 4.78 is 5.42. The van der Waals surface area contributed by atoms with Gasteiger partial charge in [0.15, 0.2) is 16.9 Å². The number of hydrogen-bond donors (Lipinski definition) is 2. The van der Waals surface area contributed by atoms with Gasteiger partial charge in [-0.2, -0.15) is 0 Å². The fourth-order valence-corrected chi connectivity index (χ4v) is 2.77. The molecule has 1 atom stereocenters. The number of aromatic hydroxyl groups is 1. The topological polar surface area (TPSA) is 66.8 Å². The number of benzene rings is 1. The van der Waals surface area contributed by atoms with Crippen molar-refractivity contribution in [3.63, 3.8) is 0 Å². The van der Waals surface area contributed by atoms with Gasteiger partial charge in [0.05, 0.1) is 6.61 Å². The van der Waals surface area contributed by atoms with E-state index < -0.39 is 6.10 Å². The van der Waals surface area contributed by atoms with Gasteiger partial charge in [-0.15, -0.1) is 0 Å². The number of aliphatic hydroxyl groups excluding tert-OH is 1. The number of aliphatic hydroxyl groups is 1. The van der Waals surface area contributed by atoms with E-state index >= 15 is 0 Å². The van der Waals surface area contributed by atoms with Crippen molar-refractivity contribution in [1.29, 1.82) is 0 Å². The maximum Gasteiger partial charge on any atom is 0.182 e. The van der Waals surface area contributed by atoms with Gasteiger partial charge in [-0.1, -0.05) is 40.2 Å². The molecule has 0 aliphatic heterocycles. The van der Waals surface area contributed by atoms with Crippen LogP contribution in [-0.2, 0) is 0 Å². The molecule has 1 unspecified atom stereocenters. The van der Waals surface area contributed by atoms with Crippen molar-refractivity contribution in [3.05, 3.63) is 57.7 Å². The average molecular weight is 349 g/mol. The first-order valence-electron chi connectivity index (χ1n) is 6.51. The molecule has 0 radical (unpaired) electrons. The molecule has 0 heterocycles. The van der Waals surface area contributed by atoms with Crippen LogP contribution in [0, 0.1) is 0 Å². The van der Waals surface area contributed by atoms with Crippen molar-refractivity contribution in [3.8, 4) is 22.6 Å². The highest BCUT2D eigenvalue weighted by Gasteiger charge is 2.30. The minimum atomic E-state index is -0.911. The number of halogens is 1. The zero-order chi connectivity index (χ0) is 15.0. The van der Waals surface area contributed by atoms with Crippen LogP contribution < -0.4 is 10.2 Å². The van der Waals surface area contributed by atoms with E-state index in [1.165, 1.54) is 12.1 Å². The number of fused-ring (bicyclic) bond motifs is 3. The Bertz CT molecular complexity index is 758. The molecule has 108 valence electrons. The number of alkyl halides is 1. The van der Waals surface area contributed by atoms with E-state index in [4.69, 9.17) is 4.74 Å². The molecule has 0 saturated carbocycles. The lowest BCUT2D eigenvalue weighted by atomic mass is 10.1. The number of hydrogen-bond acceptors (Lipinski definition) is 4. The molecule has 0 saturated heterocycles. The average Bonchev–Trinajstić information content (AvgIpc) is 2.68. The lowest BCUT2D eigenvalue weighted by Gasteiger charge is -2.06. The number of rotatable bonds is 3. The first kappa shape index (κ1) is 14.1. The van der Waals surface area contributed by atoms with Gasteiger partial charge in [-0.05, 0) is 17.2 Å². The molecule has 3 rings (SSSR count). The third-order valence-electron chi connectivity index (χ3n) is 3.48. The first-order chi connectivity index (χ1) is 10.1. The second-order valence-electron chi connectivity index (χ2n) is 4.76. The van der Waals surface area contributed by atoms with Gasteiger partial charge in [0.1, 0.15) is 6.10 Å². The summed E-state index contributed by atoms with van der Waals surface area (Å²) in [5.74, 6) is 0.0154. The second kappa shape index (κ2) is 5.50. The van der Waals surface area contributed by atoms with E-state index in [2.05, 4.69) is 15.9 Å². The molecule has 2 aromatic carbocycles. The lowest BCUT2D eigenvalue weighted by molar-refractivity contribution is 0.225. The highest BCUT2D eigenvalue weighted by atomic mass is 79.9. The number of ether oxygens (including phenoxy) is 1. The Morgan fingerprint density at radius 2 is 1.95 bits per heavy atom. The van der Waals surface area contributed by atoms with Gasteiger partial charge in [0, 0.05) is 22.5 Å². The summed E-state index contributed by atoms with van der Waals surface area (Å²) in [6, 6.07) is 9.81. The van der Waals surface area contributed by atoms with Crippen LogP contribution in [0.3, 0.4) is 0 Å². The highest BCUT2D eigenvalue weighted by Crippen LogP contribution is 2.48. The molecular formula is C16H13BrO4. The molecule has 0 aromatic heterocycles. The SMILES string of the molecule is O=c1cc(OCCBr)c(O)c2c(c1)C(O)c1ccccc1-2. The van der Waals surface area contributed by atoms with Crippen LogP contribution in [0.15, 0.2) is 41.2 Å². The van der Waals surface area contributed by atoms with Crippen molar-refractivity contribution in [2.75, 3.05) is 11.9 Å². The molecule has 0 fully saturated rings. The maximum absolute atomic E-state index is 11.9. The Morgan fingerprint density at radius 1 is 1.19 bits per heavy atom. The second-order valence-corrected chi connectivity index (χ2v) is 5.55. The zero-order valence-electron chi connectivity index (χ0n) is 11.0. The Kier molecular flexibility index (Phi) is 3.69. The first-order valence-corrected chi connectivity index (χ1v) is 7.63. The Labute approximate surface area is 129 Å². The van der Waals surface area contributed by atoms with Gasteiger partial charge in [0.2, 0.25) is 0 Å². The van der Waals surface area contributed by atoms with Crippen LogP contribution in [0.2, 0.25) is 0 Å². The molecule has 1 aliphatic rings. The van der Waals surface area contributed by atoms with Crippen molar-refractivity contribution in [1.82, 2.24) is 0 Å². The third kappa shape index (κ3) is 2.32. The van der Waals surface area contributed by atoms with Gasteiger partial charge < -0.3 is 14.9 Å². The molecule has 21 heavy (non-hydrogen) atoms. The maximum atomic E-state index is 11.9. The fraction of sp³-hybridized carbons (Fsp3) is 0.188. The van der Waals surface area contributed by atoms with Crippen LogP contribution in [-0.4, -0.2) is 22.2 Å². The van der Waals surface area contributed by atoms with E-state index in [0.717, 1.165) is 5.56 Å². The summed E-state index contributed by atoms with van der Waals surface area (Å²) >= 11 is 3.23. The molecule has 2 aromatic rings. The van der Waals surface area contributed by atoms with Crippen LogP contribution in [0.25, 0.3) is 11.1 Å². The molecule has 5 heteroatoms. The van der Waals surface area contributed by atoms with Gasteiger partial charge in [-0.25, -0.2) is 0 Å². The Morgan fingerprint density at radius 3 is 2.71 bits per heavy atom. The predicted octanol–water partition coefficient (Wildman–Crippen LogP) is 2.59. The predicted molar refractivity (Wildman–Crippen MR) is 83.2 cm³/mol. The Balaban J connectivity index is 2.30. The quantitative estimate of drug-likeness (QED) is 0.836. The molecule has 4 nitrogen and oxygen atoms in total. The van der Waals surface area contributed by atoms with E-state index in [0.29, 0.717) is 28.6 Å². The van der Waals surface area contributed by atoms with Crippen molar-refractivity contribution in [2.45, 2.75) is 6.10 Å². The minimum absolute atomic E-state index is 0.114. The zero-order valence-corrected chi connectivity index (χ0v) is 12.6. The highest BCUT2D eigenvalue weighted by molar-refractivity contribution is 9.09. The van der Waals surface area contributed by atoms with Crippen LogP contribution in [0.1, 0.15) is 17.2 Å². The molecule has 0 spiro atoms. The van der Waals surface area contributed by atoms with Crippen molar-refractivity contribution >= 4 is 15.9 Å². The van der Waals surface area contributed by atoms with Gasteiger partial charge in [-0.3, -0.25) is 4.79 Å². The Hall–Kier alpha value is -1.85. The molecule has 1 aliphatic carbocycles. The third-order valence-corrected chi connectivity index (χ3v) is 3.81. The van der Waals surface area contributed by atoms with E-state index in [1.807, 2.05) is 18.2 Å². The lowest BCUT2D eigenvalue weighted by Crippen LogP contribution is -2.01. The van der Waals surface area contributed by atoms with Gasteiger partial charge in [0.25, 0.3) is 0 Å². The van der Waals surface area contributed by atoms with Crippen LogP contribution in [0.4, 0.5) is 0 Å². The standard InChI is InChI=1S/C16H13BrO4/c17-5-6-21-13-8-9(18)7-12-14(16(13)20)10-3-1-2-4-11(10)15(12)19/h1-4,7-8,15,19-20H,5-6H2. The van der Waals surface area contributed by atoms with Crippen LogP contribution >= 0.6 is 15.9 Å². The monoisotopic (exact) mass is 348 g/mol. The van der Waals surface area contributed by atoms with Crippen LogP contribution in [0.5, 0.6) is 11.5 Å². The molecule has 2 N–H and O–H groups in total. The molecule has 0 amide bonds. The van der Waals surface area contributed by atoms with E-state index in [1.54, 1.807) is 6.07 Å².